The lowest BCUT2D eigenvalue weighted by Crippen LogP contribution is -2.35. The molecule has 5 nitrogen and oxygen atoms in total. The van der Waals surface area contributed by atoms with Crippen molar-refractivity contribution < 1.29 is 14.3 Å². The maximum atomic E-state index is 12.6. The molecular formula is C22H24Cl2N2O3. The van der Waals surface area contributed by atoms with Crippen LogP contribution in [0.15, 0.2) is 36.4 Å². The first-order valence-corrected chi connectivity index (χ1v) is 10.7. The number of hydrogen-bond donors (Lipinski definition) is 1. The second-order valence-electron chi connectivity index (χ2n) is 7.49. The van der Waals surface area contributed by atoms with E-state index in [-0.39, 0.29) is 12.7 Å². The van der Waals surface area contributed by atoms with E-state index in [0.717, 1.165) is 23.6 Å². The molecular weight excluding hydrogens is 411 g/mol. The number of para-hydroxylation sites is 1. The zero-order valence-corrected chi connectivity index (χ0v) is 17.6. The molecule has 0 bridgehead atoms. The van der Waals surface area contributed by atoms with E-state index in [9.17, 15) is 4.79 Å². The highest BCUT2D eigenvalue weighted by atomic mass is 35.5. The van der Waals surface area contributed by atoms with Gasteiger partial charge in [-0.25, -0.2) is 0 Å². The molecule has 1 heterocycles. The van der Waals surface area contributed by atoms with Crippen molar-refractivity contribution in [3.63, 3.8) is 0 Å². The molecule has 2 aromatic carbocycles. The van der Waals surface area contributed by atoms with Crippen LogP contribution in [0, 0.1) is 0 Å². The number of hydrogen-bond acceptors (Lipinski definition) is 4. The maximum absolute atomic E-state index is 12.6. The Labute approximate surface area is 180 Å². The first kappa shape index (κ1) is 20.3. The maximum Gasteiger partial charge on any atom is 0.231 e. The third-order valence-electron chi connectivity index (χ3n) is 5.52. The number of ether oxygens (including phenoxy) is 2. The van der Waals surface area contributed by atoms with Crippen LogP contribution in [0.4, 0.5) is 5.69 Å². The summed E-state index contributed by atoms with van der Waals surface area (Å²) in [5.41, 5.74) is 1.64. The van der Waals surface area contributed by atoms with Crippen molar-refractivity contribution in [2.75, 3.05) is 18.7 Å². The molecule has 2 aromatic rings. The van der Waals surface area contributed by atoms with E-state index in [1.54, 1.807) is 18.2 Å². The molecule has 0 aromatic heterocycles. The highest BCUT2D eigenvalue weighted by Crippen LogP contribution is 2.34. The molecule has 1 saturated carbocycles. The Morgan fingerprint density at radius 1 is 1.07 bits per heavy atom. The van der Waals surface area contributed by atoms with E-state index in [1.165, 1.54) is 25.7 Å². The molecule has 7 heteroatoms. The predicted octanol–water partition coefficient (Wildman–Crippen LogP) is 5.50. The summed E-state index contributed by atoms with van der Waals surface area (Å²) in [6, 6.07) is 11.7. The summed E-state index contributed by atoms with van der Waals surface area (Å²) >= 11 is 12.3. The fraction of sp³-hybridized carbons (Fsp3) is 0.409. The molecule has 0 radical (unpaired) electrons. The number of fused-ring (bicyclic) bond motifs is 1. The van der Waals surface area contributed by atoms with Gasteiger partial charge in [-0.15, -0.1) is 0 Å². The zero-order valence-electron chi connectivity index (χ0n) is 16.1. The summed E-state index contributed by atoms with van der Waals surface area (Å²) in [4.78, 5) is 15.0. The molecule has 1 aliphatic heterocycles. The van der Waals surface area contributed by atoms with Gasteiger partial charge in [0.15, 0.2) is 11.5 Å². The fourth-order valence-corrected chi connectivity index (χ4v) is 4.49. The van der Waals surface area contributed by atoms with Gasteiger partial charge < -0.3 is 14.8 Å². The van der Waals surface area contributed by atoms with Gasteiger partial charge in [-0.3, -0.25) is 9.69 Å². The van der Waals surface area contributed by atoms with Crippen molar-refractivity contribution in [2.24, 2.45) is 0 Å². The van der Waals surface area contributed by atoms with Crippen LogP contribution >= 0.6 is 23.2 Å². The fourth-order valence-electron chi connectivity index (χ4n) is 4.00. The van der Waals surface area contributed by atoms with E-state index in [2.05, 4.69) is 16.3 Å². The largest absolute Gasteiger partial charge is 0.454 e. The number of halogens is 2. The second kappa shape index (κ2) is 9.24. The zero-order chi connectivity index (χ0) is 20.2. The molecule has 4 rings (SSSR count). The number of nitrogens with one attached hydrogen (secondary N) is 1. The first-order valence-electron chi connectivity index (χ1n) is 9.96. The molecule has 1 N–H and O–H groups in total. The summed E-state index contributed by atoms with van der Waals surface area (Å²) in [6.07, 6.45) is 5.20. The van der Waals surface area contributed by atoms with Crippen molar-refractivity contribution in [3.8, 4) is 11.5 Å². The van der Waals surface area contributed by atoms with E-state index < -0.39 is 0 Å². The van der Waals surface area contributed by atoms with Gasteiger partial charge in [-0.1, -0.05) is 48.2 Å². The lowest BCUT2D eigenvalue weighted by Gasteiger charge is -2.29. The smallest absolute Gasteiger partial charge is 0.231 e. The normalized spacial score (nSPS) is 15.8. The number of anilines is 1. The first-order chi connectivity index (χ1) is 14.1. The highest BCUT2D eigenvalue weighted by Gasteiger charge is 2.24. The van der Waals surface area contributed by atoms with Gasteiger partial charge in [0.1, 0.15) is 0 Å². The van der Waals surface area contributed by atoms with Crippen molar-refractivity contribution in [3.05, 3.63) is 52.0 Å². The SMILES string of the molecule is O=C(CCN(Cc1ccc2c(c1)OCO2)C1CCCC1)Nc1c(Cl)cccc1Cl. The van der Waals surface area contributed by atoms with E-state index >= 15 is 0 Å². The summed E-state index contributed by atoms with van der Waals surface area (Å²) in [6.45, 7) is 1.73. The minimum absolute atomic E-state index is 0.0892. The van der Waals surface area contributed by atoms with Crippen LogP contribution in [0.25, 0.3) is 0 Å². The number of carbonyl (C=O) groups is 1. The Balaban J connectivity index is 1.40. The van der Waals surface area contributed by atoms with Crippen LogP contribution < -0.4 is 14.8 Å². The second-order valence-corrected chi connectivity index (χ2v) is 8.31. The van der Waals surface area contributed by atoms with E-state index in [1.807, 2.05) is 12.1 Å². The molecule has 154 valence electrons. The highest BCUT2D eigenvalue weighted by molar-refractivity contribution is 6.39. The number of carbonyl (C=O) groups excluding carboxylic acids is 1. The van der Waals surface area contributed by atoms with Gasteiger partial charge in [0.2, 0.25) is 12.7 Å². The third kappa shape index (κ3) is 4.97. The van der Waals surface area contributed by atoms with Gasteiger partial charge >= 0.3 is 0 Å². The van der Waals surface area contributed by atoms with Crippen molar-refractivity contribution >= 4 is 34.8 Å². The Hall–Kier alpha value is -1.95. The summed E-state index contributed by atoms with van der Waals surface area (Å²) in [7, 11) is 0. The Morgan fingerprint density at radius 3 is 2.55 bits per heavy atom. The van der Waals surface area contributed by atoms with Crippen molar-refractivity contribution in [2.45, 2.75) is 44.7 Å². The Bertz CT molecular complexity index is 864. The van der Waals surface area contributed by atoms with Gasteiger partial charge in [0.05, 0.1) is 15.7 Å². The topological polar surface area (TPSA) is 50.8 Å². The summed E-state index contributed by atoms with van der Waals surface area (Å²) < 4.78 is 10.9. The molecule has 1 fully saturated rings. The van der Waals surface area contributed by atoms with Crippen LogP contribution in [-0.4, -0.2) is 30.2 Å². The molecule has 1 amide bonds. The molecule has 2 aliphatic rings. The third-order valence-corrected chi connectivity index (χ3v) is 6.15. The van der Waals surface area contributed by atoms with Gasteiger partial charge in [-0.2, -0.15) is 0 Å². The number of benzene rings is 2. The van der Waals surface area contributed by atoms with Crippen LogP contribution in [0.2, 0.25) is 10.0 Å². The Kier molecular flexibility index (Phi) is 6.48. The lowest BCUT2D eigenvalue weighted by molar-refractivity contribution is -0.116. The van der Waals surface area contributed by atoms with E-state index in [0.29, 0.717) is 34.7 Å². The lowest BCUT2D eigenvalue weighted by atomic mass is 10.1. The number of nitrogens with zero attached hydrogens (tertiary/aromatic N) is 1. The molecule has 0 unspecified atom stereocenters. The van der Waals surface area contributed by atoms with Crippen LogP contribution in [0.3, 0.4) is 0 Å². The molecule has 0 spiro atoms. The van der Waals surface area contributed by atoms with Crippen molar-refractivity contribution in [1.82, 2.24) is 4.90 Å². The van der Waals surface area contributed by atoms with Crippen molar-refractivity contribution in [1.29, 1.82) is 0 Å². The van der Waals surface area contributed by atoms with Crippen LogP contribution in [0.5, 0.6) is 11.5 Å². The summed E-state index contributed by atoms with van der Waals surface area (Å²) in [5.74, 6) is 1.49. The average molecular weight is 435 g/mol. The number of rotatable bonds is 7. The van der Waals surface area contributed by atoms with E-state index in [4.69, 9.17) is 32.7 Å². The van der Waals surface area contributed by atoms with Crippen LogP contribution in [0.1, 0.15) is 37.7 Å². The molecule has 0 atom stereocenters. The minimum Gasteiger partial charge on any atom is -0.454 e. The van der Waals surface area contributed by atoms with Crippen LogP contribution in [-0.2, 0) is 11.3 Å². The molecule has 0 saturated heterocycles. The predicted molar refractivity (Wildman–Crippen MR) is 115 cm³/mol. The average Bonchev–Trinajstić information content (AvgIpc) is 3.39. The van der Waals surface area contributed by atoms with Gasteiger partial charge in [0.25, 0.3) is 0 Å². The minimum atomic E-state index is -0.0892. The van der Waals surface area contributed by atoms with Gasteiger partial charge in [-0.05, 0) is 42.7 Å². The monoisotopic (exact) mass is 434 g/mol. The standard InChI is InChI=1S/C22H24Cl2N2O3/c23-17-6-3-7-18(24)22(17)25-21(27)10-11-26(16-4-1-2-5-16)13-15-8-9-19-20(12-15)29-14-28-19/h3,6-9,12,16H,1-2,4-5,10-11,13-14H2,(H,25,27). The molecule has 1 aliphatic carbocycles. The summed E-state index contributed by atoms with van der Waals surface area (Å²) in [5, 5.41) is 3.74. The molecule has 29 heavy (non-hydrogen) atoms. The Morgan fingerprint density at radius 2 is 1.79 bits per heavy atom. The number of amides is 1. The quantitative estimate of drug-likeness (QED) is 0.625. The van der Waals surface area contributed by atoms with Gasteiger partial charge in [0, 0.05) is 25.6 Å².